The van der Waals surface area contributed by atoms with Crippen LogP contribution in [0.1, 0.15) is 34.9 Å². The molecule has 3 rings (SSSR count). The fourth-order valence-electron chi connectivity index (χ4n) is 2.83. The maximum absolute atomic E-state index is 12.4. The molecule has 0 radical (unpaired) electrons. The number of thiophene rings is 1. The monoisotopic (exact) mass is 317 g/mol. The van der Waals surface area contributed by atoms with Crippen molar-refractivity contribution in [2.24, 2.45) is 0 Å². The summed E-state index contributed by atoms with van der Waals surface area (Å²) in [4.78, 5) is 13.8. The highest BCUT2D eigenvalue weighted by atomic mass is 32.1. The molecule has 1 aromatic heterocycles. The van der Waals surface area contributed by atoms with E-state index in [0.717, 1.165) is 24.8 Å². The molecule has 0 spiro atoms. The van der Waals surface area contributed by atoms with Gasteiger partial charge in [-0.2, -0.15) is 12.6 Å². The van der Waals surface area contributed by atoms with Crippen molar-refractivity contribution in [3.05, 3.63) is 57.8 Å². The van der Waals surface area contributed by atoms with Gasteiger partial charge in [0.15, 0.2) is 0 Å². The summed E-state index contributed by atoms with van der Waals surface area (Å²) in [5.41, 5.74) is 2.45. The van der Waals surface area contributed by atoms with Crippen molar-refractivity contribution in [2.45, 2.75) is 37.0 Å². The summed E-state index contributed by atoms with van der Waals surface area (Å²) < 4.78 is 0. The normalized spacial score (nSPS) is 18.8. The van der Waals surface area contributed by atoms with Gasteiger partial charge in [0.05, 0.1) is 11.3 Å². The number of amides is 1. The molecule has 1 aromatic carbocycles. The molecule has 4 heteroatoms. The van der Waals surface area contributed by atoms with Gasteiger partial charge in [-0.3, -0.25) is 4.79 Å². The molecule has 21 heavy (non-hydrogen) atoms. The van der Waals surface area contributed by atoms with Gasteiger partial charge in [0, 0.05) is 4.88 Å². The average molecular weight is 317 g/mol. The van der Waals surface area contributed by atoms with E-state index in [-0.39, 0.29) is 17.2 Å². The van der Waals surface area contributed by atoms with E-state index >= 15 is 0 Å². The SMILES string of the molecule is O=C(NC1CCCc2sccc21)C(S)Cc1ccccc1. The van der Waals surface area contributed by atoms with Crippen LogP contribution >= 0.6 is 24.0 Å². The smallest absolute Gasteiger partial charge is 0.233 e. The molecule has 1 heterocycles. The van der Waals surface area contributed by atoms with Crippen LogP contribution < -0.4 is 5.32 Å². The third-order valence-corrected chi connectivity index (χ3v) is 5.36. The Morgan fingerprint density at radius 3 is 2.95 bits per heavy atom. The van der Waals surface area contributed by atoms with Crippen LogP contribution in [0.4, 0.5) is 0 Å². The van der Waals surface area contributed by atoms with E-state index in [1.807, 2.05) is 30.3 Å². The van der Waals surface area contributed by atoms with Crippen molar-refractivity contribution >= 4 is 29.9 Å². The third-order valence-electron chi connectivity index (χ3n) is 3.94. The van der Waals surface area contributed by atoms with Crippen molar-refractivity contribution in [3.63, 3.8) is 0 Å². The predicted octanol–water partition coefficient (Wildman–Crippen LogP) is 3.78. The lowest BCUT2D eigenvalue weighted by atomic mass is 9.94. The highest BCUT2D eigenvalue weighted by Crippen LogP contribution is 2.33. The topological polar surface area (TPSA) is 29.1 Å². The molecule has 1 aliphatic carbocycles. The molecule has 1 aliphatic rings. The van der Waals surface area contributed by atoms with Crippen LogP contribution in [0.15, 0.2) is 41.8 Å². The molecule has 0 fully saturated rings. The van der Waals surface area contributed by atoms with Gasteiger partial charge < -0.3 is 5.32 Å². The summed E-state index contributed by atoms with van der Waals surface area (Å²) in [6.45, 7) is 0. The first-order valence-corrected chi connectivity index (χ1v) is 8.72. The zero-order valence-corrected chi connectivity index (χ0v) is 13.5. The summed E-state index contributed by atoms with van der Waals surface area (Å²) in [5.74, 6) is 0.0336. The summed E-state index contributed by atoms with van der Waals surface area (Å²) >= 11 is 6.28. The highest BCUT2D eigenvalue weighted by Gasteiger charge is 2.24. The lowest BCUT2D eigenvalue weighted by Gasteiger charge is -2.25. The van der Waals surface area contributed by atoms with Gasteiger partial charge in [0.1, 0.15) is 0 Å². The first-order chi connectivity index (χ1) is 10.2. The summed E-state index contributed by atoms with van der Waals surface area (Å²) in [6, 6.07) is 12.4. The van der Waals surface area contributed by atoms with Crippen molar-refractivity contribution in [1.82, 2.24) is 5.32 Å². The second-order valence-corrected chi connectivity index (χ2v) is 7.08. The number of hydrogen-bond donors (Lipinski definition) is 2. The number of hydrogen-bond acceptors (Lipinski definition) is 3. The molecule has 0 saturated heterocycles. The van der Waals surface area contributed by atoms with E-state index in [0.29, 0.717) is 6.42 Å². The standard InChI is InChI=1S/C17H19NOS2/c19-17(15(20)11-12-5-2-1-3-6-12)18-14-7-4-8-16-13(14)9-10-21-16/h1-3,5-6,9-10,14-15,20H,4,7-8,11H2,(H,18,19). The van der Waals surface area contributed by atoms with Gasteiger partial charge >= 0.3 is 0 Å². The molecule has 0 saturated carbocycles. The zero-order chi connectivity index (χ0) is 14.7. The largest absolute Gasteiger partial charge is 0.348 e. The average Bonchev–Trinajstić information content (AvgIpc) is 2.98. The molecule has 2 aromatic rings. The Bertz CT molecular complexity index is 608. The maximum atomic E-state index is 12.4. The Kier molecular flexibility index (Phi) is 4.66. The highest BCUT2D eigenvalue weighted by molar-refractivity contribution is 7.81. The number of rotatable bonds is 4. The van der Waals surface area contributed by atoms with E-state index in [4.69, 9.17) is 0 Å². The predicted molar refractivity (Wildman–Crippen MR) is 91.1 cm³/mol. The fraction of sp³-hybridized carbons (Fsp3) is 0.353. The van der Waals surface area contributed by atoms with E-state index in [2.05, 4.69) is 29.4 Å². The van der Waals surface area contributed by atoms with Crippen molar-refractivity contribution in [2.75, 3.05) is 0 Å². The van der Waals surface area contributed by atoms with Gasteiger partial charge in [-0.1, -0.05) is 30.3 Å². The molecular formula is C17H19NOS2. The first-order valence-electron chi connectivity index (χ1n) is 7.32. The van der Waals surface area contributed by atoms with Crippen LogP contribution in [0.3, 0.4) is 0 Å². The van der Waals surface area contributed by atoms with E-state index in [1.165, 1.54) is 10.4 Å². The molecule has 1 N–H and O–H groups in total. The minimum Gasteiger partial charge on any atom is -0.348 e. The molecule has 2 nitrogen and oxygen atoms in total. The molecule has 110 valence electrons. The second kappa shape index (κ2) is 6.67. The number of thiol groups is 1. The second-order valence-electron chi connectivity index (χ2n) is 5.46. The minimum atomic E-state index is -0.295. The minimum absolute atomic E-state index is 0.0336. The lowest BCUT2D eigenvalue weighted by Crippen LogP contribution is -2.36. The van der Waals surface area contributed by atoms with Crippen molar-refractivity contribution in [3.8, 4) is 0 Å². The zero-order valence-electron chi connectivity index (χ0n) is 11.8. The molecule has 0 bridgehead atoms. The Hall–Kier alpha value is -1.26. The van der Waals surface area contributed by atoms with Crippen LogP contribution in [0.25, 0.3) is 0 Å². The van der Waals surface area contributed by atoms with Crippen LogP contribution in [0.5, 0.6) is 0 Å². The Balaban J connectivity index is 1.62. The van der Waals surface area contributed by atoms with Crippen molar-refractivity contribution in [1.29, 1.82) is 0 Å². The summed E-state index contributed by atoms with van der Waals surface area (Å²) in [7, 11) is 0. The number of fused-ring (bicyclic) bond motifs is 1. The Labute approximate surface area is 135 Å². The van der Waals surface area contributed by atoms with E-state index < -0.39 is 0 Å². The number of benzene rings is 1. The first kappa shape index (κ1) is 14.7. The Morgan fingerprint density at radius 1 is 1.33 bits per heavy atom. The molecule has 2 atom stereocenters. The molecule has 2 unspecified atom stereocenters. The van der Waals surface area contributed by atoms with E-state index in [9.17, 15) is 4.79 Å². The van der Waals surface area contributed by atoms with Crippen LogP contribution in [0, 0.1) is 0 Å². The maximum Gasteiger partial charge on any atom is 0.233 e. The fourth-order valence-corrected chi connectivity index (χ4v) is 4.11. The molecule has 0 aliphatic heterocycles. The van der Waals surface area contributed by atoms with Gasteiger partial charge in [0.2, 0.25) is 5.91 Å². The number of nitrogens with one attached hydrogen (secondary N) is 1. The van der Waals surface area contributed by atoms with Gasteiger partial charge in [0.25, 0.3) is 0 Å². The number of carbonyl (C=O) groups excluding carboxylic acids is 1. The summed E-state index contributed by atoms with van der Waals surface area (Å²) in [5, 5.41) is 5.00. The van der Waals surface area contributed by atoms with Crippen LogP contribution in [-0.2, 0) is 17.6 Å². The van der Waals surface area contributed by atoms with Crippen molar-refractivity contribution < 1.29 is 4.79 Å². The van der Waals surface area contributed by atoms with E-state index in [1.54, 1.807) is 11.3 Å². The summed E-state index contributed by atoms with van der Waals surface area (Å²) in [6.07, 6.45) is 3.99. The molecular weight excluding hydrogens is 298 g/mol. The van der Waals surface area contributed by atoms with Gasteiger partial charge in [-0.25, -0.2) is 0 Å². The lowest BCUT2D eigenvalue weighted by molar-refractivity contribution is -0.121. The number of carbonyl (C=O) groups is 1. The van der Waals surface area contributed by atoms with Crippen LogP contribution in [0.2, 0.25) is 0 Å². The van der Waals surface area contributed by atoms with Crippen LogP contribution in [-0.4, -0.2) is 11.2 Å². The third kappa shape index (κ3) is 3.50. The number of aryl methyl sites for hydroxylation is 1. The Morgan fingerprint density at radius 2 is 2.14 bits per heavy atom. The van der Waals surface area contributed by atoms with Gasteiger partial charge in [-0.05, 0) is 48.3 Å². The van der Waals surface area contributed by atoms with Gasteiger partial charge in [-0.15, -0.1) is 11.3 Å². The molecule has 1 amide bonds. The quantitative estimate of drug-likeness (QED) is 0.826.